The molecule has 0 aliphatic carbocycles. The average molecular weight is 281 g/mol. The van der Waals surface area contributed by atoms with Gasteiger partial charge >= 0.3 is 0 Å². The Morgan fingerprint density at radius 3 is 2.86 bits per heavy atom. The van der Waals surface area contributed by atoms with Gasteiger partial charge in [0.2, 0.25) is 0 Å². The van der Waals surface area contributed by atoms with Gasteiger partial charge in [-0.05, 0) is 30.3 Å². The highest BCUT2D eigenvalue weighted by molar-refractivity contribution is 6.07. The fraction of sp³-hybridized carbons (Fsp3) is 0.125. The van der Waals surface area contributed by atoms with Crippen molar-refractivity contribution >= 4 is 22.6 Å². The molecule has 5 heteroatoms. The zero-order valence-corrected chi connectivity index (χ0v) is 11.8. The van der Waals surface area contributed by atoms with Crippen molar-refractivity contribution in [1.29, 1.82) is 0 Å². The van der Waals surface area contributed by atoms with Crippen molar-refractivity contribution in [2.24, 2.45) is 0 Å². The predicted octanol–water partition coefficient (Wildman–Crippen LogP) is 2.85. The fourth-order valence-electron chi connectivity index (χ4n) is 2.28. The quantitative estimate of drug-likeness (QED) is 0.803. The molecule has 1 amide bonds. The lowest BCUT2D eigenvalue weighted by Gasteiger charge is -2.19. The highest BCUT2D eigenvalue weighted by Gasteiger charge is 2.17. The normalized spacial score (nSPS) is 10.6. The second-order valence-corrected chi connectivity index (χ2v) is 4.67. The minimum Gasteiger partial charge on any atom is -0.495 e. The molecular formula is C16H15N3O2. The third-order valence-electron chi connectivity index (χ3n) is 3.42. The van der Waals surface area contributed by atoms with Crippen molar-refractivity contribution in [2.45, 2.75) is 0 Å². The van der Waals surface area contributed by atoms with E-state index in [4.69, 9.17) is 4.74 Å². The van der Waals surface area contributed by atoms with Crippen molar-refractivity contribution in [3.63, 3.8) is 0 Å². The second-order valence-electron chi connectivity index (χ2n) is 4.67. The Morgan fingerprint density at radius 1 is 1.24 bits per heavy atom. The summed E-state index contributed by atoms with van der Waals surface area (Å²) in [4.78, 5) is 21.4. The van der Waals surface area contributed by atoms with Crippen LogP contribution >= 0.6 is 0 Å². The van der Waals surface area contributed by atoms with E-state index in [0.717, 1.165) is 16.7 Å². The van der Waals surface area contributed by atoms with Gasteiger partial charge in [0.05, 0.1) is 30.2 Å². The number of amides is 1. The maximum absolute atomic E-state index is 12.6. The van der Waals surface area contributed by atoms with Gasteiger partial charge in [-0.3, -0.25) is 4.79 Å². The van der Waals surface area contributed by atoms with Crippen LogP contribution in [0.4, 0.5) is 5.69 Å². The molecule has 0 aliphatic heterocycles. The number of nitrogens with one attached hydrogen (secondary N) is 1. The Labute approximate surface area is 122 Å². The van der Waals surface area contributed by atoms with E-state index < -0.39 is 0 Å². The van der Waals surface area contributed by atoms with Crippen LogP contribution in [0.3, 0.4) is 0 Å². The van der Waals surface area contributed by atoms with Crippen molar-refractivity contribution in [3.05, 3.63) is 54.4 Å². The Balaban J connectivity index is 1.96. The molecule has 0 fully saturated rings. The molecule has 0 atom stereocenters. The van der Waals surface area contributed by atoms with E-state index in [1.165, 1.54) is 0 Å². The van der Waals surface area contributed by atoms with E-state index in [1.54, 1.807) is 37.5 Å². The van der Waals surface area contributed by atoms with Gasteiger partial charge < -0.3 is 14.6 Å². The van der Waals surface area contributed by atoms with Gasteiger partial charge in [0.1, 0.15) is 5.75 Å². The van der Waals surface area contributed by atoms with Crippen LogP contribution in [-0.2, 0) is 0 Å². The number of imidazole rings is 1. The van der Waals surface area contributed by atoms with Crippen molar-refractivity contribution in [1.82, 2.24) is 9.97 Å². The number of carbonyl (C=O) groups is 1. The summed E-state index contributed by atoms with van der Waals surface area (Å²) in [6, 6.07) is 12.8. The molecule has 0 spiro atoms. The molecule has 3 aromatic rings. The van der Waals surface area contributed by atoms with Gasteiger partial charge in [-0.1, -0.05) is 12.1 Å². The number of rotatable bonds is 3. The Bertz CT molecular complexity index is 795. The number of nitrogens with zero attached hydrogens (tertiary/aromatic N) is 2. The number of anilines is 1. The number of fused-ring (bicyclic) bond motifs is 1. The molecule has 0 saturated heterocycles. The number of para-hydroxylation sites is 2. The standard InChI is InChI=1S/C16H15N3O2/c1-19(14-5-3-4-6-15(14)21-2)16(20)11-7-8-12-13(9-11)18-10-17-12/h3-10H,1-2H3,(H,17,18). The minimum absolute atomic E-state index is 0.101. The first-order chi connectivity index (χ1) is 10.2. The monoisotopic (exact) mass is 281 g/mol. The van der Waals surface area contributed by atoms with Crippen LogP contribution < -0.4 is 9.64 Å². The first-order valence-electron chi connectivity index (χ1n) is 6.55. The summed E-state index contributed by atoms with van der Waals surface area (Å²) >= 11 is 0. The highest BCUT2D eigenvalue weighted by atomic mass is 16.5. The number of H-pyrrole nitrogens is 1. The molecule has 0 unspecified atom stereocenters. The molecule has 1 heterocycles. The van der Waals surface area contributed by atoms with Crippen molar-refractivity contribution < 1.29 is 9.53 Å². The molecule has 3 rings (SSSR count). The van der Waals surface area contributed by atoms with Crippen LogP contribution in [0.25, 0.3) is 11.0 Å². The molecule has 1 aromatic heterocycles. The van der Waals surface area contributed by atoms with Crippen LogP contribution in [0.15, 0.2) is 48.8 Å². The minimum atomic E-state index is -0.101. The molecule has 21 heavy (non-hydrogen) atoms. The first-order valence-corrected chi connectivity index (χ1v) is 6.55. The number of carbonyl (C=O) groups excluding carboxylic acids is 1. The SMILES string of the molecule is COc1ccccc1N(C)C(=O)c1ccc2nc[nH]c2c1. The summed E-state index contributed by atoms with van der Waals surface area (Å²) in [6.07, 6.45) is 1.61. The lowest BCUT2D eigenvalue weighted by atomic mass is 10.1. The smallest absolute Gasteiger partial charge is 0.258 e. The second kappa shape index (κ2) is 5.28. The molecule has 5 nitrogen and oxygen atoms in total. The molecule has 0 bridgehead atoms. The lowest BCUT2D eigenvalue weighted by molar-refractivity contribution is 0.0992. The Kier molecular flexibility index (Phi) is 3.31. The third kappa shape index (κ3) is 2.33. The average Bonchev–Trinajstić information content (AvgIpc) is 3.00. The molecule has 0 radical (unpaired) electrons. The van der Waals surface area contributed by atoms with Crippen molar-refractivity contribution in [2.75, 3.05) is 19.1 Å². The van der Waals surface area contributed by atoms with Crippen LogP contribution in [0.1, 0.15) is 10.4 Å². The van der Waals surface area contributed by atoms with Gasteiger partial charge in [0.15, 0.2) is 0 Å². The van der Waals surface area contributed by atoms with Crippen molar-refractivity contribution in [3.8, 4) is 5.75 Å². The number of ether oxygens (including phenoxy) is 1. The molecule has 2 aromatic carbocycles. The Hall–Kier alpha value is -2.82. The Morgan fingerprint density at radius 2 is 2.05 bits per heavy atom. The summed E-state index contributed by atoms with van der Waals surface area (Å²) in [6.45, 7) is 0. The third-order valence-corrected chi connectivity index (χ3v) is 3.42. The maximum atomic E-state index is 12.6. The number of methoxy groups -OCH3 is 1. The zero-order valence-electron chi connectivity index (χ0n) is 11.8. The number of aromatic nitrogens is 2. The largest absolute Gasteiger partial charge is 0.495 e. The number of hydrogen-bond acceptors (Lipinski definition) is 3. The van der Waals surface area contributed by atoms with E-state index in [2.05, 4.69) is 9.97 Å². The zero-order chi connectivity index (χ0) is 14.8. The molecule has 106 valence electrons. The first kappa shape index (κ1) is 13.2. The van der Waals surface area contributed by atoms with Gasteiger partial charge in [-0.15, -0.1) is 0 Å². The van der Waals surface area contributed by atoms with E-state index in [0.29, 0.717) is 11.3 Å². The van der Waals surface area contributed by atoms with E-state index in [9.17, 15) is 4.79 Å². The summed E-state index contributed by atoms with van der Waals surface area (Å²) in [5.41, 5.74) is 3.01. The van der Waals surface area contributed by atoms with Crippen LogP contribution in [0, 0.1) is 0 Å². The van der Waals surface area contributed by atoms with Crippen LogP contribution in [0.5, 0.6) is 5.75 Å². The lowest BCUT2D eigenvalue weighted by Crippen LogP contribution is -2.26. The molecule has 0 saturated carbocycles. The van der Waals surface area contributed by atoms with Gasteiger partial charge in [0, 0.05) is 12.6 Å². The van der Waals surface area contributed by atoms with Crippen LogP contribution in [0.2, 0.25) is 0 Å². The number of benzene rings is 2. The van der Waals surface area contributed by atoms with Gasteiger partial charge in [-0.25, -0.2) is 4.98 Å². The summed E-state index contributed by atoms with van der Waals surface area (Å²) in [5.74, 6) is 0.562. The van der Waals surface area contributed by atoms with E-state index >= 15 is 0 Å². The number of hydrogen-bond donors (Lipinski definition) is 1. The van der Waals surface area contributed by atoms with E-state index in [1.807, 2.05) is 30.3 Å². The molecule has 0 aliphatic rings. The fourth-order valence-corrected chi connectivity index (χ4v) is 2.28. The number of aromatic amines is 1. The molecule has 1 N–H and O–H groups in total. The summed E-state index contributed by atoms with van der Waals surface area (Å²) in [7, 11) is 3.32. The molecular weight excluding hydrogens is 266 g/mol. The van der Waals surface area contributed by atoms with Gasteiger partial charge in [0.25, 0.3) is 5.91 Å². The summed E-state index contributed by atoms with van der Waals surface area (Å²) in [5, 5.41) is 0. The van der Waals surface area contributed by atoms with Gasteiger partial charge in [-0.2, -0.15) is 0 Å². The predicted molar refractivity (Wildman–Crippen MR) is 81.8 cm³/mol. The highest BCUT2D eigenvalue weighted by Crippen LogP contribution is 2.28. The topological polar surface area (TPSA) is 58.2 Å². The maximum Gasteiger partial charge on any atom is 0.258 e. The van der Waals surface area contributed by atoms with E-state index in [-0.39, 0.29) is 5.91 Å². The van der Waals surface area contributed by atoms with Crippen LogP contribution in [-0.4, -0.2) is 30.0 Å². The summed E-state index contributed by atoms with van der Waals surface area (Å²) < 4.78 is 5.30.